The summed E-state index contributed by atoms with van der Waals surface area (Å²) in [6, 6.07) is 8.46. The number of hydrogen-bond donors (Lipinski definition) is 1. The van der Waals surface area contributed by atoms with Gasteiger partial charge in [0.05, 0.1) is 6.54 Å². The van der Waals surface area contributed by atoms with Crippen molar-refractivity contribution in [3.8, 4) is 12.3 Å². The topological polar surface area (TPSA) is 28.2 Å². The monoisotopic (exact) mass is 279 g/mol. The van der Waals surface area contributed by atoms with Crippen LogP contribution in [0.2, 0.25) is 0 Å². The van der Waals surface area contributed by atoms with Crippen molar-refractivity contribution < 1.29 is 0 Å². The lowest BCUT2D eigenvalue weighted by atomic mass is 10.1. The Balaban J connectivity index is 2.04. The summed E-state index contributed by atoms with van der Waals surface area (Å²) in [6.07, 6.45) is 10.2. The van der Waals surface area contributed by atoms with Crippen molar-refractivity contribution >= 4 is 16.6 Å². The van der Waals surface area contributed by atoms with E-state index in [9.17, 15) is 0 Å². The molecule has 3 nitrogen and oxygen atoms in total. The Morgan fingerprint density at radius 3 is 2.76 bits per heavy atom. The van der Waals surface area contributed by atoms with Gasteiger partial charge in [-0.15, -0.1) is 6.42 Å². The standard InChI is InChI=1S/C18H21N3/c1-3-10-21(13-14-8-9-14)18-17-7-5-4-6-16(17)15(11-19-2)12-20-18/h1,4-7,12,14,19H,8-11,13H2,2H3. The second-order valence-corrected chi connectivity index (χ2v) is 5.71. The molecule has 1 fully saturated rings. The average Bonchev–Trinajstić information content (AvgIpc) is 3.32. The molecule has 0 unspecified atom stereocenters. The third-order valence-electron chi connectivity index (χ3n) is 3.98. The van der Waals surface area contributed by atoms with Gasteiger partial charge in [0.2, 0.25) is 0 Å². The van der Waals surface area contributed by atoms with Crippen LogP contribution in [0.5, 0.6) is 0 Å². The maximum atomic E-state index is 5.56. The number of nitrogens with one attached hydrogen (secondary N) is 1. The first kappa shape index (κ1) is 13.9. The van der Waals surface area contributed by atoms with Crippen molar-refractivity contribution in [3.05, 3.63) is 36.0 Å². The van der Waals surface area contributed by atoms with Gasteiger partial charge in [-0.3, -0.25) is 0 Å². The molecule has 0 saturated heterocycles. The highest BCUT2D eigenvalue weighted by atomic mass is 15.2. The van der Waals surface area contributed by atoms with Crippen molar-refractivity contribution in [2.24, 2.45) is 5.92 Å². The van der Waals surface area contributed by atoms with Crippen LogP contribution in [-0.2, 0) is 6.54 Å². The second-order valence-electron chi connectivity index (χ2n) is 5.71. The van der Waals surface area contributed by atoms with Gasteiger partial charge in [0.25, 0.3) is 0 Å². The number of nitrogens with zero attached hydrogens (tertiary/aromatic N) is 2. The van der Waals surface area contributed by atoms with Gasteiger partial charge < -0.3 is 10.2 Å². The minimum Gasteiger partial charge on any atom is -0.345 e. The largest absolute Gasteiger partial charge is 0.345 e. The molecule has 0 atom stereocenters. The van der Waals surface area contributed by atoms with E-state index in [2.05, 4.69) is 40.4 Å². The van der Waals surface area contributed by atoms with Crippen molar-refractivity contribution in [1.82, 2.24) is 10.3 Å². The van der Waals surface area contributed by atoms with Gasteiger partial charge in [0.15, 0.2) is 0 Å². The van der Waals surface area contributed by atoms with Gasteiger partial charge >= 0.3 is 0 Å². The van der Waals surface area contributed by atoms with E-state index in [1.807, 2.05) is 13.2 Å². The number of hydrogen-bond acceptors (Lipinski definition) is 3. The van der Waals surface area contributed by atoms with Crippen LogP contribution >= 0.6 is 0 Å². The minimum absolute atomic E-state index is 0.624. The molecule has 0 amide bonds. The second kappa shape index (κ2) is 6.15. The van der Waals surface area contributed by atoms with Crippen molar-refractivity contribution in [3.63, 3.8) is 0 Å². The SMILES string of the molecule is C#CCN(CC1CC1)c1ncc(CNC)c2ccccc12. The lowest BCUT2D eigenvalue weighted by molar-refractivity contribution is 0.756. The third kappa shape index (κ3) is 3.01. The highest BCUT2D eigenvalue weighted by Gasteiger charge is 2.25. The number of pyridine rings is 1. The molecule has 1 N–H and O–H groups in total. The van der Waals surface area contributed by atoms with Crippen molar-refractivity contribution in [2.75, 3.05) is 25.0 Å². The molecule has 0 radical (unpaired) electrons. The predicted molar refractivity (Wildman–Crippen MR) is 88.3 cm³/mol. The van der Waals surface area contributed by atoms with E-state index in [1.165, 1.54) is 29.2 Å². The van der Waals surface area contributed by atoms with E-state index < -0.39 is 0 Å². The zero-order chi connectivity index (χ0) is 14.7. The maximum Gasteiger partial charge on any atom is 0.137 e. The van der Waals surface area contributed by atoms with Crippen molar-refractivity contribution in [2.45, 2.75) is 19.4 Å². The minimum atomic E-state index is 0.624. The Labute approximate surface area is 126 Å². The van der Waals surface area contributed by atoms with Gasteiger partial charge in [0.1, 0.15) is 5.82 Å². The quantitative estimate of drug-likeness (QED) is 0.824. The number of aromatic nitrogens is 1. The predicted octanol–water partition coefficient (Wildman–Crippen LogP) is 2.80. The zero-order valence-corrected chi connectivity index (χ0v) is 12.5. The molecule has 21 heavy (non-hydrogen) atoms. The molecule has 1 aliphatic rings. The van der Waals surface area contributed by atoms with Gasteiger partial charge in [-0.05, 0) is 36.8 Å². The fourth-order valence-electron chi connectivity index (χ4n) is 2.77. The van der Waals surface area contributed by atoms with Crippen LogP contribution in [0, 0.1) is 18.3 Å². The average molecular weight is 279 g/mol. The van der Waals surface area contributed by atoms with E-state index in [4.69, 9.17) is 11.4 Å². The first-order valence-corrected chi connectivity index (χ1v) is 7.53. The molecule has 0 aliphatic heterocycles. The summed E-state index contributed by atoms with van der Waals surface area (Å²) >= 11 is 0. The highest BCUT2D eigenvalue weighted by Crippen LogP contribution is 2.33. The van der Waals surface area contributed by atoms with Gasteiger partial charge in [0, 0.05) is 24.7 Å². The van der Waals surface area contributed by atoms with Crippen LogP contribution in [0.3, 0.4) is 0 Å². The van der Waals surface area contributed by atoms with E-state index in [-0.39, 0.29) is 0 Å². The fraction of sp³-hybridized carbons (Fsp3) is 0.389. The van der Waals surface area contributed by atoms with Gasteiger partial charge in [-0.25, -0.2) is 4.98 Å². The summed E-state index contributed by atoms with van der Waals surface area (Å²) < 4.78 is 0. The molecular formula is C18H21N3. The maximum absolute atomic E-state index is 5.56. The zero-order valence-electron chi connectivity index (χ0n) is 12.5. The molecule has 0 bridgehead atoms. The summed E-state index contributed by atoms with van der Waals surface area (Å²) in [5.74, 6) is 4.59. The molecule has 1 heterocycles. The van der Waals surface area contributed by atoms with E-state index in [1.54, 1.807) is 0 Å². The summed E-state index contributed by atoms with van der Waals surface area (Å²) in [4.78, 5) is 6.97. The van der Waals surface area contributed by atoms with Crippen LogP contribution in [0.4, 0.5) is 5.82 Å². The number of fused-ring (bicyclic) bond motifs is 1. The highest BCUT2D eigenvalue weighted by molar-refractivity contribution is 5.94. The lowest BCUT2D eigenvalue weighted by Crippen LogP contribution is -2.27. The smallest absolute Gasteiger partial charge is 0.137 e. The molecule has 108 valence electrons. The number of rotatable bonds is 6. The molecule has 1 aromatic carbocycles. The Morgan fingerprint density at radius 2 is 2.10 bits per heavy atom. The molecule has 3 heteroatoms. The van der Waals surface area contributed by atoms with E-state index in [0.29, 0.717) is 6.54 Å². The van der Waals surface area contributed by atoms with Gasteiger partial charge in [-0.1, -0.05) is 30.2 Å². The fourth-order valence-corrected chi connectivity index (χ4v) is 2.77. The summed E-state index contributed by atoms with van der Waals surface area (Å²) in [6.45, 7) is 2.47. The molecular weight excluding hydrogens is 258 g/mol. The van der Waals surface area contributed by atoms with Crippen LogP contribution < -0.4 is 10.2 Å². The van der Waals surface area contributed by atoms with E-state index in [0.717, 1.165) is 24.8 Å². The molecule has 1 aromatic heterocycles. The first-order valence-electron chi connectivity index (χ1n) is 7.53. The lowest BCUT2D eigenvalue weighted by Gasteiger charge is -2.23. The third-order valence-corrected chi connectivity index (χ3v) is 3.98. The molecule has 0 spiro atoms. The van der Waals surface area contributed by atoms with Crippen LogP contribution in [0.25, 0.3) is 10.8 Å². The van der Waals surface area contributed by atoms with Gasteiger partial charge in [-0.2, -0.15) is 0 Å². The Kier molecular flexibility index (Phi) is 4.08. The van der Waals surface area contributed by atoms with Crippen LogP contribution in [-0.4, -0.2) is 25.1 Å². The summed E-state index contributed by atoms with van der Waals surface area (Å²) in [5.41, 5.74) is 1.23. The molecule has 2 aromatic rings. The summed E-state index contributed by atoms with van der Waals surface area (Å²) in [7, 11) is 1.96. The van der Waals surface area contributed by atoms with E-state index >= 15 is 0 Å². The van der Waals surface area contributed by atoms with Crippen LogP contribution in [0.15, 0.2) is 30.5 Å². The molecule has 3 rings (SSSR count). The molecule has 1 saturated carbocycles. The Hall–Kier alpha value is -2.05. The Morgan fingerprint density at radius 1 is 1.33 bits per heavy atom. The number of terminal acetylenes is 1. The van der Waals surface area contributed by atoms with Crippen molar-refractivity contribution in [1.29, 1.82) is 0 Å². The normalized spacial score (nSPS) is 14.1. The molecule has 1 aliphatic carbocycles. The summed E-state index contributed by atoms with van der Waals surface area (Å²) in [5, 5.41) is 5.66. The van der Waals surface area contributed by atoms with Crippen LogP contribution in [0.1, 0.15) is 18.4 Å². The first-order chi connectivity index (χ1) is 10.3. The number of benzene rings is 1. The Bertz CT molecular complexity index is 668. The number of anilines is 1.